The maximum Gasteiger partial charge on any atom is 0.325 e. The quantitative estimate of drug-likeness (QED) is 0.899. The summed E-state index contributed by atoms with van der Waals surface area (Å²) < 4.78 is 4.57. The average Bonchev–Trinajstić information content (AvgIpc) is 2.85. The molecule has 0 spiro atoms. The van der Waals surface area contributed by atoms with Gasteiger partial charge in [0, 0.05) is 36.9 Å². The minimum atomic E-state index is -0.281. The smallest absolute Gasteiger partial charge is 0.325 e. The van der Waals surface area contributed by atoms with E-state index in [4.69, 9.17) is 11.6 Å². The molecule has 0 aliphatic carbocycles. The van der Waals surface area contributed by atoms with Crippen molar-refractivity contribution in [1.82, 2.24) is 10.3 Å². The van der Waals surface area contributed by atoms with Crippen LogP contribution in [0.1, 0.15) is 0 Å². The lowest BCUT2D eigenvalue weighted by Gasteiger charge is -2.35. The lowest BCUT2D eigenvalue weighted by Crippen LogP contribution is -2.47. The van der Waals surface area contributed by atoms with Gasteiger partial charge in [-0.3, -0.25) is 9.42 Å². The number of benzene rings is 1. The number of anilines is 2. The van der Waals surface area contributed by atoms with E-state index >= 15 is 0 Å². The lowest BCUT2D eigenvalue weighted by atomic mass is 10.2. The van der Waals surface area contributed by atoms with Crippen molar-refractivity contribution in [3.05, 3.63) is 39.6 Å². The molecule has 0 unspecified atom stereocenters. The van der Waals surface area contributed by atoms with Crippen molar-refractivity contribution in [1.29, 1.82) is 0 Å². The SMILES string of the molecule is O=c1[nH]onc1N1CCN(c2cccc(Cl)c2)CC1. The van der Waals surface area contributed by atoms with Crippen molar-refractivity contribution >= 4 is 23.1 Å². The third kappa shape index (κ3) is 2.44. The van der Waals surface area contributed by atoms with Gasteiger partial charge in [0.1, 0.15) is 0 Å². The van der Waals surface area contributed by atoms with E-state index < -0.39 is 0 Å². The summed E-state index contributed by atoms with van der Waals surface area (Å²) in [5.74, 6) is 0.353. The first-order valence-electron chi connectivity index (χ1n) is 6.04. The Morgan fingerprint density at radius 1 is 1.21 bits per heavy atom. The van der Waals surface area contributed by atoms with Gasteiger partial charge in [-0.2, -0.15) is 5.16 Å². The molecule has 0 radical (unpaired) electrons. The minimum absolute atomic E-state index is 0.281. The highest BCUT2D eigenvalue weighted by Gasteiger charge is 2.21. The molecule has 1 saturated heterocycles. The monoisotopic (exact) mass is 280 g/mol. The Morgan fingerprint density at radius 2 is 1.95 bits per heavy atom. The van der Waals surface area contributed by atoms with Crippen LogP contribution in [-0.4, -0.2) is 36.5 Å². The second-order valence-electron chi connectivity index (χ2n) is 4.39. The second-order valence-corrected chi connectivity index (χ2v) is 4.83. The maximum absolute atomic E-state index is 11.4. The number of nitrogens with zero attached hydrogens (tertiary/aromatic N) is 3. The number of piperazine rings is 1. The summed E-state index contributed by atoms with van der Waals surface area (Å²) in [5, 5.41) is 6.63. The Balaban J connectivity index is 1.70. The highest BCUT2D eigenvalue weighted by atomic mass is 35.5. The molecule has 0 atom stereocenters. The lowest BCUT2D eigenvalue weighted by molar-refractivity contribution is 0.304. The summed E-state index contributed by atoms with van der Waals surface area (Å²) in [6, 6.07) is 7.77. The van der Waals surface area contributed by atoms with Crippen LogP contribution in [0.25, 0.3) is 0 Å². The number of nitrogens with one attached hydrogen (secondary N) is 1. The van der Waals surface area contributed by atoms with Gasteiger partial charge in [0.25, 0.3) is 0 Å². The normalized spacial score (nSPS) is 15.8. The van der Waals surface area contributed by atoms with Crippen LogP contribution in [0.3, 0.4) is 0 Å². The summed E-state index contributed by atoms with van der Waals surface area (Å²) in [6.45, 7) is 3.07. The van der Waals surface area contributed by atoms with Gasteiger partial charge >= 0.3 is 5.56 Å². The number of H-pyrrole nitrogens is 1. The number of aromatic nitrogens is 2. The van der Waals surface area contributed by atoms with Gasteiger partial charge < -0.3 is 9.80 Å². The van der Waals surface area contributed by atoms with Gasteiger partial charge in [-0.1, -0.05) is 17.7 Å². The van der Waals surface area contributed by atoms with Crippen LogP contribution in [0.5, 0.6) is 0 Å². The number of hydrogen-bond acceptors (Lipinski definition) is 5. The van der Waals surface area contributed by atoms with Gasteiger partial charge in [-0.05, 0) is 23.4 Å². The van der Waals surface area contributed by atoms with Crippen LogP contribution in [0.2, 0.25) is 5.02 Å². The first-order valence-corrected chi connectivity index (χ1v) is 6.41. The van der Waals surface area contributed by atoms with Crippen LogP contribution in [0.15, 0.2) is 33.7 Å². The van der Waals surface area contributed by atoms with Crippen molar-refractivity contribution in [2.24, 2.45) is 0 Å². The highest BCUT2D eigenvalue weighted by Crippen LogP contribution is 2.21. The van der Waals surface area contributed by atoms with E-state index in [1.165, 1.54) is 0 Å². The van der Waals surface area contributed by atoms with E-state index in [0.29, 0.717) is 5.82 Å². The van der Waals surface area contributed by atoms with E-state index in [2.05, 4.69) is 19.8 Å². The van der Waals surface area contributed by atoms with Crippen molar-refractivity contribution in [2.45, 2.75) is 0 Å². The van der Waals surface area contributed by atoms with Crippen molar-refractivity contribution in [2.75, 3.05) is 36.0 Å². The highest BCUT2D eigenvalue weighted by molar-refractivity contribution is 6.30. The molecule has 1 aliphatic rings. The molecule has 1 fully saturated rings. The molecule has 0 amide bonds. The summed E-state index contributed by atoms with van der Waals surface area (Å²) in [7, 11) is 0. The molecule has 2 heterocycles. The molecule has 0 saturated carbocycles. The summed E-state index contributed by atoms with van der Waals surface area (Å²) >= 11 is 5.99. The molecular formula is C12H13ClN4O2. The average molecular weight is 281 g/mol. The molecule has 1 aromatic heterocycles. The molecule has 19 heavy (non-hydrogen) atoms. The van der Waals surface area contributed by atoms with E-state index in [0.717, 1.165) is 36.9 Å². The summed E-state index contributed by atoms with van der Waals surface area (Å²) in [6.07, 6.45) is 0. The van der Waals surface area contributed by atoms with E-state index in [1.54, 1.807) is 0 Å². The Morgan fingerprint density at radius 3 is 2.58 bits per heavy atom. The zero-order valence-electron chi connectivity index (χ0n) is 10.2. The maximum atomic E-state index is 11.4. The Hall–Kier alpha value is -1.95. The standard InChI is InChI=1S/C12H13ClN4O2/c13-9-2-1-3-10(8-9)16-4-6-17(7-5-16)11-12(18)15-19-14-11/h1-3,8H,4-7H2,(H,15,18). The Kier molecular flexibility index (Phi) is 3.16. The third-order valence-corrected chi connectivity index (χ3v) is 3.46. The van der Waals surface area contributed by atoms with Crippen LogP contribution >= 0.6 is 11.6 Å². The van der Waals surface area contributed by atoms with Gasteiger partial charge in [0.05, 0.1) is 0 Å². The zero-order valence-corrected chi connectivity index (χ0v) is 10.9. The predicted octanol–water partition coefficient (Wildman–Crippen LogP) is 1.34. The van der Waals surface area contributed by atoms with Crippen LogP contribution < -0.4 is 15.4 Å². The van der Waals surface area contributed by atoms with E-state index in [9.17, 15) is 4.79 Å². The van der Waals surface area contributed by atoms with Crippen molar-refractivity contribution in [3.63, 3.8) is 0 Å². The largest absolute Gasteiger partial charge is 0.368 e. The van der Waals surface area contributed by atoms with Gasteiger partial charge in [-0.15, -0.1) is 0 Å². The molecular weight excluding hydrogens is 268 g/mol. The van der Waals surface area contributed by atoms with Crippen molar-refractivity contribution < 1.29 is 4.63 Å². The first-order chi connectivity index (χ1) is 9.24. The molecule has 3 rings (SSSR count). The summed E-state index contributed by atoms with van der Waals surface area (Å²) in [5.41, 5.74) is 0.817. The van der Waals surface area contributed by atoms with Crippen LogP contribution in [-0.2, 0) is 0 Å². The van der Waals surface area contributed by atoms with Crippen LogP contribution in [0, 0.1) is 0 Å². The Labute approximate surface area is 114 Å². The zero-order chi connectivity index (χ0) is 13.2. The molecule has 2 aromatic rings. The first kappa shape index (κ1) is 12.1. The van der Waals surface area contributed by atoms with Crippen LogP contribution in [0.4, 0.5) is 11.5 Å². The molecule has 1 aliphatic heterocycles. The fraction of sp³-hybridized carbons (Fsp3) is 0.333. The second kappa shape index (κ2) is 4.97. The fourth-order valence-electron chi connectivity index (χ4n) is 2.25. The molecule has 7 heteroatoms. The molecule has 6 nitrogen and oxygen atoms in total. The number of hydrogen-bond donors (Lipinski definition) is 1. The minimum Gasteiger partial charge on any atom is -0.368 e. The van der Waals surface area contributed by atoms with Gasteiger partial charge in [0.15, 0.2) is 0 Å². The Bertz CT molecular complexity index is 616. The number of aromatic amines is 1. The van der Waals surface area contributed by atoms with Gasteiger partial charge in [-0.25, -0.2) is 0 Å². The molecule has 100 valence electrons. The molecule has 1 aromatic carbocycles. The fourth-order valence-corrected chi connectivity index (χ4v) is 2.43. The molecule has 0 bridgehead atoms. The number of rotatable bonds is 2. The third-order valence-electron chi connectivity index (χ3n) is 3.23. The number of halogens is 1. The van der Waals surface area contributed by atoms with E-state index in [-0.39, 0.29) is 5.56 Å². The van der Waals surface area contributed by atoms with Gasteiger partial charge in [0.2, 0.25) is 5.82 Å². The molecule has 1 N–H and O–H groups in total. The predicted molar refractivity (Wildman–Crippen MR) is 73.0 cm³/mol. The topological polar surface area (TPSA) is 65.4 Å². The van der Waals surface area contributed by atoms with Crippen molar-refractivity contribution in [3.8, 4) is 0 Å². The summed E-state index contributed by atoms with van der Waals surface area (Å²) in [4.78, 5) is 15.6. The van der Waals surface area contributed by atoms with E-state index in [1.807, 2.05) is 29.2 Å².